The van der Waals surface area contributed by atoms with E-state index in [0.29, 0.717) is 5.82 Å². The minimum Gasteiger partial charge on any atom is -0.478 e. The number of benzene rings is 1. The van der Waals surface area contributed by atoms with Crippen LogP contribution in [0.25, 0.3) is 11.4 Å². The quantitative estimate of drug-likeness (QED) is 0.831. The van der Waals surface area contributed by atoms with Crippen molar-refractivity contribution in [2.24, 2.45) is 0 Å². The van der Waals surface area contributed by atoms with Crippen LogP contribution in [0.4, 0.5) is 0 Å². The summed E-state index contributed by atoms with van der Waals surface area (Å²) in [5.41, 5.74) is 1.96. The van der Waals surface area contributed by atoms with Crippen LogP contribution in [0.15, 0.2) is 36.5 Å². The molecule has 2 rings (SSSR count). The predicted molar refractivity (Wildman–Crippen MR) is 59.2 cm³/mol. The molecule has 16 heavy (non-hydrogen) atoms. The van der Waals surface area contributed by atoms with E-state index in [1.165, 1.54) is 0 Å². The van der Waals surface area contributed by atoms with Crippen molar-refractivity contribution in [2.45, 2.75) is 6.92 Å². The molecule has 80 valence electrons. The van der Waals surface area contributed by atoms with Gasteiger partial charge in [-0.05, 0) is 25.1 Å². The molecule has 0 fully saturated rings. The Bertz CT molecular complexity index is 521. The van der Waals surface area contributed by atoms with Gasteiger partial charge in [0.2, 0.25) is 0 Å². The molecule has 0 radical (unpaired) electrons. The summed E-state index contributed by atoms with van der Waals surface area (Å²) >= 11 is 0. The fraction of sp³-hybridized carbons (Fsp3) is 0.0833. The van der Waals surface area contributed by atoms with Crippen LogP contribution in [0.3, 0.4) is 0 Å². The second-order valence-corrected chi connectivity index (χ2v) is 3.40. The molecule has 0 saturated carbocycles. The number of nitrogens with zero attached hydrogens (tertiary/aromatic N) is 2. The van der Waals surface area contributed by atoms with Crippen molar-refractivity contribution in [1.29, 1.82) is 0 Å². The highest BCUT2D eigenvalue weighted by Crippen LogP contribution is 2.15. The molecule has 2 aromatic rings. The number of carbonyl (C=O) groups is 1. The Hall–Kier alpha value is -2.23. The fourth-order valence-corrected chi connectivity index (χ4v) is 1.35. The molecule has 0 amide bonds. The molecule has 0 spiro atoms. The number of aromatic nitrogens is 2. The average Bonchev–Trinajstić information content (AvgIpc) is 2.29. The van der Waals surface area contributed by atoms with Gasteiger partial charge in [0.05, 0.1) is 5.56 Å². The van der Waals surface area contributed by atoms with Crippen LogP contribution < -0.4 is 0 Å². The van der Waals surface area contributed by atoms with Crippen molar-refractivity contribution in [1.82, 2.24) is 9.97 Å². The van der Waals surface area contributed by atoms with E-state index in [9.17, 15) is 4.79 Å². The molecule has 4 heteroatoms. The first kappa shape index (κ1) is 10.3. The van der Waals surface area contributed by atoms with Gasteiger partial charge in [-0.25, -0.2) is 14.8 Å². The van der Waals surface area contributed by atoms with Crippen molar-refractivity contribution in [3.8, 4) is 11.4 Å². The molecule has 1 N–H and O–H groups in total. The van der Waals surface area contributed by atoms with E-state index < -0.39 is 5.97 Å². The van der Waals surface area contributed by atoms with E-state index in [1.54, 1.807) is 30.5 Å². The number of carboxylic acid groups (broad SMARTS) is 1. The monoisotopic (exact) mass is 214 g/mol. The Labute approximate surface area is 92.6 Å². The normalized spacial score (nSPS) is 10.1. The van der Waals surface area contributed by atoms with Gasteiger partial charge in [0.15, 0.2) is 5.82 Å². The smallest absolute Gasteiger partial charge is 0.335 e. The average molecular weight is 214 g/mol. The summed E-state index contributed by atoms with van der Waals surface area (Å²) in [6, 6.07) is 8.32. The zero-order valence-electron chi connectivity index (χ0n) is 8.71. The third kappa shape index (κ3) is 2.06. The van der Waals surface area contributed by atoms with Gasteiger partial charge in [-0.2, -0.15) is 0 Å². The minimum atomic E-state index is -0.934. The summed E-state index contributed by atoms with van der Waals surface area (Å²) in [6.07, 6.45) is 1.68. The maximum absolute atomic E-state index is 10.7. The zero-order chi connectivity index (χ0) is 11.5. The van der Waals surface area contributed by atoms with Crippen molar-refractivity contribution in [3.63, 3.8) is 0 Å². The van der Waals surface area contributed by atoms with E-state index in [0.717, 1.165) is 11.3 Å². The number of aromatic carboxylic acids is 1. The molecule has 0 aliphatic carbocycles. The molecule has 0 aliphatic heterocycles. The van der Waals surface area contributed by atoms with Crippen molar-refractivity contribution in [2.75, 3.05) is 0 Å². The van der Waals surface area contributed by atoms with Crippen LogP contribution in [-0.2, 0) is 0 Å². The molecule has 0 bridgehead atoms. The lowest BCUT2D eigenvalue weighted by Crippen LogP contribution is -1.96. The van der Waals surface area contributed by atoms with E-state index in [-0.39, 0.29) is 5.56 Å². The van der Waals surface area contributed by atoms with E-state index in [4.69, 9.17) is 5.11 Å². The summed E-state index contributed by atoms with van der Waals surface area (Å²) in [7, 11) is 0. The lowest BCUT2D eigenvalue weighted by molar-refractivity contribution is 0.0697. The lowest BCUT2D eigenvalue weighted by Gasteiger charge is -2.01. The van der Waals surface area contributed by atoms with Crippen LogP contribution in [-0.4, -0.2) is 21.0 Å². The SMILES string of the molecule is Cc1ccnc(-c2ccc(C(=O)O)cc2)n1. The van der Waals surface area contributed by atoms with Crippen LogP contribution in [0.1, 0.15) is 16.1 Å². The van der Waals surface area contributed by atoms with Gasteiger partial charge in [-0.15, -0.1) is 0 Å². The van der Waals surface area contributed by atoms with Gasteiger partial charge in [-0.1, -0.05) is 12.1 Å². The van der Waals surface area contributed by atoms with E-state index in [1.807, 2.05) is 13.0 Å². The highest BCUT2D eigenvalue weighted by molar-refractivity contribution is 5.88. The zero-order valence-corrected chi connectivity index (χ0v) is 8.71. The number of rotatable bonds is 2. The number of aryl methyl sites for hydroxylation is 1. The Balaban J connectivity index is 2.38. The Morgan fingerprint density at radius 2 is 1.88 bits per heavy atom. The van der Waals surface area contributed by atoms with Gasteiger partial charge in [-0.3, -0.25) is 0 Å². The third-order valence-electron chi connectivity index (χ3n) is 2.18. The van der Waals surface area contributed by atoms with Gasteiger partial charge < -0.3 is 5.11 Å². The van der Waals surface area contributed by atoms with Crippen molar-refractivity contribution in [3.05, 3.63) is 47.8 Å². The van der Waals surface area contributed by atoms with Crippen LogP contribution >= 0.6 is 0 Å². The lowest BCUT2D eigenvalue weighted by atomic mass is 10.1. The second kappa shape index (κ2) is 4.10. The molecule has 0 saturated heterocycles. The van der Waals surface area contributed by atoms with Gasteiger partial charge >= 0.3 is 5.97 Å². The molecule has 1 aromatic carbocycles. The summed E-state index contributed by atoms with van der Waals surface area (Å²) in [6.45, 7) is 1.89. The largest absolute Gasteiger partial charge is 0.478 e. The van der Waals surface area contributed by atoms with Gasteiger partial charge in [0, 0.05) is 17.5 Å². The molecule has 4 nitrogen and oxygen atoms in total. The van der Waals surface area contributed by atoms with E-state index >= 15 is 0 Å². The number of hydrogen-bond donors (Lipinski definition) is 1. The van der Waals surface area contributed by atoms with Crippen LogP contribution in [0, 0.1) is 6.92 Å². The molecule has 0 aliphatic rings. The van der Waals surface area contributed by atoms with Crippen molar-refractivity contribution < 1.29 is 9.90 Å². The van der Waals surface area contributed by atoms with Crippen LogP contribution in [0.5, 0.6) is 0 Å². The number of hydrogen-bond acceptors (Lipinski definition) is 3. The Kier molecular flexibility index (Phi) is 2.64. The first-order valence-electron chi connectivity index (χ1n) is 4.80. The predicted octanol–water partition coefficient (Wildman–Crippen LogP) is 2.15. The Morgan fingerprint density at radius 3 is 2.44 bits per heavy atom. The molecule has 1 aromatic heterocycles. The molecule has 1 heterocycles. The summed E-state index contributed by atoms with van der Waals surface area (Å²) in [5, 5.41) is 8.76. The van der Waals surface area contributed by atoms with Gasteiger partial charge in [0.1, 0.15) is 0 Å². The topological polar surface area (TPSA) is 63.1 Å². The minimum absolute atomic E-state index is 0.261. The first-order valence-corrected chi connectivity index (χ1v) is 4.80. The fourth-order valence-electron chi connectivity index (χ4n) is 1.35. The first-order chi connectivity index (χ1) is 7.66. The summed E-state index contributed by atoms with van der Waals surface area (Å²) < 4.78 is 0. The summed E-state index contributed by atoms with van der Waals surface area (Å²) in [5.74, 6) is -0.325. The maximum Gasteiger partial charge on any atom is 0.335 e. The highest BCUT2D eigenvalue weighted by atomic mass is 16.4. The number of carboxylic acids is 1. The van der Waals surface area contributed by atoms with E-state index in [2.05, 4.69) is 9.97 Å². The van der Waals surface area contributed by atoms with Gasteiger partial charge in [0.25, 0.3) is 0 Å². The molecule has 0 atom stereocenters. The van der Waals surface area contributed by atoms with Crippen molar-refractivity contribution >= 4 is 5.97 Å². The second-order valence-electron chi connectivity index (χ2n) is 3.40. The maximum atomic E-state index is 10.7. The molecular formula is C12H10N2O2. The summed E-state index contributed by atoms with van der Waals surface area (Å²) in [4.78, 5) is 19.1. The van der Waals surface area contributed by atoms with Crippen LogP contribution in [0.2, 0.25) is 0 Å². The highest BCUT2D eigenvalue weighted by Gasteiger charge is 2.04. The molecule has 0 unspecified atom stereocenters. The molecular weight excluding hydrogens is 204 g/mol. The third-order valence-corrected chi connectivity index (χ3v) is 2.18. The Morgan fingerprint density at radius 1 is 1.19 bits per heavy atom. The standard InChI is InChI=1S/C12H10N2O2/c1-8-6-7-13-11(14-8)9-2-4-10(5-3-9)12(15)16/h2-7H,1H3,(H,15,16).